The maximum absolute atomic E-state index is 13.6. The number of amides is 5. The fourth-order valence-electron chi connectivity index (χ4n) is 11.8. The van der Waals surface area contributed by atoms with E-state index in [0.717, 1.165) is 0 Å². The molecule has 0 saturated heterocycles. The zero-order valence-electron chi connectivity index (χ0n) is 59.8. The number of nitrogens with zero attached hydrogens (tertiary/aromatic N) is 12. The van der Waals surface area contributed by atoms with Crippen LogP contribution in [0, 0.1) is 0 Å². The zero-order valence-corrected chi connectivity index (χ0v) is 62.0. The molecule has 5 amide bonds. The summed E-state index contributed by atoms with van der Waals surface area (Å²) >= 11 is 18.8. The van der Waals surface area contributed by atoms with E-state index in [4.69, 9.17) is 50.0 Å². The van der Waals surface area contributed by atoms with Gasteiger partial charge in [-0.3, -0.25) is 39.4 Å². The van der Waals surface area contributed by atoms with Crippen molar-refractivity contribution in [1.29, 1.82) is 0 Å². The molecule has 11 N–H and O–H groups in total. The number of rotatable bonds is 19. The molecule has 0 radical (unpaired) electrons. The highest BCUT2D eigenvalue weighted by atomic mass is 35.5. The summed E-state index contributed by atoms with van der Waals surface area (Å²) in [7, 11) is 0. The Hall–Kier alpha value is -11.7. The number of aliphatic hydroxyl groups excluding tert-OH is 4. The van der Waals surface area contributed by atoms with E-state index < -0.39 is 95.8 Å². The van der Waals surface area contributed by atoms with Crippen LogP contribution >= 0.6 is 34.8 Å². The first-order valence-corrected chi connectivity index (χ1v) is 34.7. The molecule has 0 saturated carbocycles. The van der Waals surface area contributed by atoms with Crippen molar-refractivity contribution in [1.82, 2.24) is 73.4 Å². The molecule has 12 aromatic rings. The Morgan fingerprint density at radius 1 is 0.519 bits per heavy atom. The minimum atomic E-state index is -1.22. The number of ether oxygens (including phenoxy) is 2. The number of hydrogen-bond donors (Lipinski definition) is 10. The quantitative estimate of drug-likeness (QED) is 0.0338. The SMILES string of the molecule is C=CCn1c([C@H](C)NC(=O)c2c(NC(=O)OC(C)(C)C)nn3cccnc23)cc2cccc(Cl)c2c1=O.C[C@H](NC(=O)c1c(N)nn2cccnc12)c1cc2cccc(Cl)c2c(=O)n1CC(O)CO.C[C@H](NC(=O)c1c(NC(=O)OC(C)(C)C)nn2cccnc12)c1cc2cccc(Cl)c2c(=O)n1CC(O)CO. The fraction of sp³-hybridized carbons (Fsp3) is 0.288. The topological polar surface area (TPSA) is 427 Å². The number of pyridine rings is 3. The summed E-state index contributed by atoms with van der Waals surface area (Å²) in [5.74, 6) is -1.74. The molecule has 0 fully saturated rings. The molecule has 108 heavy (non-hydrogen) atoms. The predicted molar refractivity (Wildman–Crippen MR) is 407 cm³/mol. The maximum atomic E-state index is 13.6. The van der Waals surface area contributed by atoms with Gasteiger partial charge in [-0.15, -0.1) is 21.9 Å². The van der Waals surface area contributed by atoms with Crippen molar-refractivity contribution in [3.63, 3.8) is 0 Å². The molecular weight excluding hydrogens is 1460 g/mol. The summed E-state index contributed by atoms with van der Waals surface area (Å²) in [5.41, 5.74) is 5.44. The number of nitrogens with two attached hydrogens (primary N) is 1. The Balaban J connectivity index is 0.000000174. The molecule has 9 heterocycles. The molecule has 9 aromatic heterocycles. The number of fused-ring (bicyclic) bond motifs is 6. The van der Waals surface area contributed by atoms with Crippen molar-refractivity contribution in [2.24, 2.45) is 0 Å². The number of nitrogen functional groups attached to an aromatic ring is 1. The molecule has 12 rings (SSSR count). The number of hydrogen-bond acceptors (Lipinski definition) is 21. The van der Waals surface area contributed by atoms with E-state index in [-0.39, 0.29) is 91.4 Å². The largest absolute Gasteiger partial charge is 0.444 e. The van der Waals surface area contributed by atoms with Gasteiger partial charge in [0.25, 0.3) is 34.4 Å². The van der Waals surface area contributed by atoms with Crippen LogP contribution in [0.2, 0.25) is 15.1 Å². The lowest BCUT2D eigenvalue weighted by Gasteiger charge is -2.22. The molecule has 0 aliphatic heterocycles. The van der Waals surface area contributed by atoms with Crippen molar-refractivity contribution >= 4 is 131 Å². The average molecular weight is 1540 g/mol. The van der Waals surface area contributed by atoms with Crippen LogP contribution in [0.5, 0.6) is 0 Å². The Kier molecular flexibility index (Phi) is 24.1. The maximum Gasteiger partial charge on any atom is 0.413 e. The number of carbonyl (C=O) groups excluding carboxylic acids is 5. The number of allylic oxidation sites excluding steroid dienone is 1. The van der Waals surface area contributed by atoms with Crippen LogP contribution in [-0.4, -0.2) is 144 Å². The van der Waals surface area contributed by atoms with Gasteiger partial charge in [0, 0.05) is 60.8 Å². The van der Waals surface area contributed by atoms with Crippen LogP contribution in [0.3, 0.4) is 0 Å². The van der Waals surface area contributed by atoms with E-state index in [1.165, 1.54) is 45.8 Å². The lowest BCUT2D eigenvalue weighted by atomic mass is 10.1. The second-order valence-electron chi connectivity index (χ2n) is 26.7. The summed E-state index contributed by atoms with van der Waals surface area (Å²) in [4.78, 5) is 118. The molecule has 0 aliphatic carbocycles. The van der Waals surface area contributed by atoms with Gasteiger partial charge >= 0.3 is 12.2 Å². The highest BCUT2D eigenvalue weighted by molar-refractivity contribution is 6.36. The molecular formula is C73H77Cl3N18O14. The fourth-order valence-corrected chi connectivity index (χ4v) is 12.5. The Labute approximate surface area is 629 Å². The number of halogens is 3. The lowest BCUT2D eigenvalue weighted by Crippen LogP contribution is -2.36. The second kappa shape index (κ2) is 33.0. The van der Waals surface area contributed by atoms with Crippen LogP contribution in [-0.2, 0) is 29.1 Å². The van der Waals surface area contributed by atoms with Crippen molar-refractivity contribution in [2.45, 2.75) is 123 Å². The molecule has 2 unspecified atom stereocenters. The van der Waals surface area contributed by atoms with Crippen LogP contribution in [0.1, 0.15) is 129 Å². The van der Waals surface area contributed by atoms with Crippen molar-refractivity contribution in [2.75, 3.05) is 29.6 Å². The number of aliphatic hydroxyl groups is 4. The van der Waals surface area contributed by atoms with Gasteiger partial charge in [-0.2, -0.15) is 0 Å². The summed E-state index contributed by atoms with van der Waals surface area (Å²) < 4.78 is 18.8. The first-order valence-electron chi connectivity index (χ1n) is 33.5. The Morgan fingerprint density at radius 3 is 1.19 bits per heavy atom. The monoisotopic (exact) mass is 1530 g/mol. The Bertz CT molecular complexity index is 5660. The smallest absolute Gasteiger partial charge is 0.413 e. The molecule has 0 bridgehead atoms. The van der Waals surface area contributed by atoms with E-state index in [1.54, 1.807) is 172 Å². The summed E-state index contributed by atoms with van der Waals surface area (Å²) in [6.45, 7) is 17.9. The summed E-state index contributed by atoms with van der Waals surface area (Å²) in [6.07, 6.45) is 6.97. The van der Waals surface area contributed by atoms with Gasteiger partial charge in [-0.25, -0.2) is 38.1 Å². The number of carbonyl (C=O) groups is 5. The molecule has 564 valence electrons. The van der Waals surface area contributed by atoms with Crippen LogP contribution in [0.4, 0.5) is 27.0 Å². The Morgan fingerprint density at radius 2 is 0.843 bits per heavy atom. The second-order valence-corrected chi connectivity index (χ2v) is 28.0. The average Bonchev–Trinajstić information content (AvgIpc) is 1.21. The molecule has 35 heteroatoms. The molecule has 3 aromatic carbocycles. The first kappa shape index (κ1) is 78.9. The van der Waals surface area contributed by atoms with Crippen LogP contribution in [0.15, 0.2) is 155 Å². The van der Waals surface area contributed by atoms with E-state index in [9.17, 15) is 58.8 Å². The van der Waals surface area contributed by atoms with E-state index >= 15 is 0 Å². The molecule has 32 nitrogen and oxygen atoms in total. The van der Waals surface area contributed by atoms with Gasteiger partial charge in [0.1, 0.15) is 27.9 Å². The van der Waals surface area contributed by atoms with Crippen LogP contribution in [0.25, 0.3) is 49.3 Å². The standard InChI is InChI=1S/C26H29ClN6O6.C26H27ClN6O4.C21H21ClN6O4/c1-14(18-11-15-7-5-8-17(27)19(15)24(37)32(18)12-16(35)13-34)29-23(36)20-21(30-25(38)39-26(2,3)4)31-33-10-6-9-28-22(20)33;1-6-12-32-18(14-16-9-7-10-17(27)19(16)24(32)35)15(2)29-23(34)20-21(30-25(36)37-26(3,4)5)31-33-13-8-11-28-22(20)33;1-11(25-20(31)17-18(23)26-28-7-3-6-24-19(17)28)15-8-12-4-2-5-14(22)16(12)21(32)27(15)9-13(30)10-29/h5-11,14,16,34-35H,12-13H2,1-4H3,(H,29,36)(H,30,31,38);6-11,13-15H,1,12H2,2-5H3,(H,29,34)(H,30,31,36);2-8,11,13,29-30H,9-10H2,1H3,(H2,23,26)(H,25,31)/t14-,16?;15-;11-,13?/m000/s1. The van der Waals surface area contributed by atoms with Crippen LogP contribution < -0.4 is 49.0 Å². The van der Waals surface area contributed by atoms with Gasteiger partial charge in [0.15, 0.2) is 34.4 Å². The highest BCUT2D eigenvalue weighted by Gasteiger charge is 2.31. The third-order valence-corrected chi connectivity index (χ3v) is 17.3. The minimum Gasteiger partial charge on any atom is -0.444 e. The number of benzene rings is 3. The van der Waals surface area contributed by atoms with Gasteiger partial charge < -0.3 is 65.3 Å². The van der Waals surface area contributed by atoms with Gasteiger partial charge in [-0.1, -0.05) is 77.3 Å². The van der Waals surface area contributed by atoms with E-state index in [1.807, 2.05) is 6.07 Å². The number of anilines is 3. The van der Waals surface area contributed by atoms with Gasteiger partial charge in [0.2, 0.25) is 0 Å². The molecule has 0 aliphatic rings. The van der Waals surface area contributed by atoms with Gasteiger partial charge in [0.05, 0.1) is 87.9 Å². The molecule has 5 atom stereocenters. The van der Waals surface area contributed by atoms with Gasteiger partial charge in [-0.05, 0) is 133 Å². The summed E-state index contributed by atoms with van der Waals surface area (Å²) in [6, 6.07) is 23.3. The first-order chi connectivity index (χ1) is 51.2. The van der Waals surface area contributed by atoms with Crippen molar-refractivity contribution in [3.8, 4) is 0 Å². The zero-order chi connectivity index (χ0) is 78.4. The number of aromatic nitrogens is 12. The highest BCUT2D eigenvalue weighted by Crippen LogP contribution is 2.30. The normalized spacial score (nSPS) is 13.0. The molecule has 0 spiro atoms. The predicted octanol–water partition coefficient (Wildman–Crippen LogP) is 8.73. The third kappa shape index (κ3) is 17.6. The van der Waals surface area contributed by atoms with Crippen molar-refractivity contribution in [3.05, 3.63) is 221 Å². The van der Waals surface area contributed by atoms with E-state index in [0.29, 0.717) is 49.3 Å². The van der Waals surface area contributed by atoms with E-state index in [2.05, 4.69) is 63.4 Å². The minimum absolute atomic E-state index is 0.00794. The third-order valence-electron chi connectivity index (χ3n) is 16.4. The van der Waals surface area contributed by atoms with Crippen molar-refractivity contribution < 1.29 is 53.9 Å². The summed E-state index contributed by atoms with van der Waals surface area (Å²) in [5, 5.41) is 68.7. The lowest BCUT2D eigenvalue weighted by molar-refractivity contribution is 0.0623. The number of nitrogens with one attached hydrogen (secondary N) is 5.